The summed E-state index contributed by atoms with van der Waals surface area (Å²) in [5.74, 6) is 0. The molecular formula is C13H18BrN. The lowest BCUT2D eigenvalue weighted by Gasteiger charge is -2.26. The molecule has 0 aromatic heterocycles. The smallest absolute Gasteiger partial charge is 0.0323 e. The van der Waals surface area contributed by atoms with Crippen LogP contribution in [0.3, 0.4) is 0 Å². The van der Waals surface area contributed by atoms with Crippen LogP contribution in [0.4, 0.5) is 0 Å². The summed E-state index contributed by atoms with van der Waals surface area (Å²) in [5, 5.41) is 3.61. The van der Waals surface area contributed by atoms with Crippen molar-refractivity contribution in [3.63, 3.8) is 0 Å². The van der Waals surface area contributed by atoms with Gasteiger partial charge in [-0.05, 0) is 56.0 Å². The first-order valence-corrected chi connectivity index (χ1v) is 6.48. The average molecular weight is 268 g/mol. The molecule has 0 saturated carbocycles. The normalized spacial score (nSPS) is 21.7. The maximum Gasteiger partial charge on any atom is 0.0323 e. The SMILES string of the molecule is Cc1cc(Br)c(C)c(C2CCCCN2)c1. The molecule has 82 valence electrons. The van der Waals surface area contributed by atoms with E-state index < -0.39 is 0 Å². The number of benzene rings is 1. The van der Waals surface area contributed by atoms with Gasteiger partial charge in [0, 0.05) is 10.5 Å². The summed E-state index contributed by atoms with van der Waals surface area (Å²) < 4.78 is 1.24. The summed E-state index contributed by atoms with van der Waals surface area (Å²) in [6.07, 6.45) is 3.95. The van der Waals surface area contributed by atoms with Crippen LogP contribution < -0.4 is 5.32 Å². The minimum absolute atomic E-state index is 0.565. The van der Waals surface area contributed by atoms with Gasteiger partial charge in [0.05, 0.1) is 0 Å². The molecule has 1 N–H and O–H groups in total. The van der Waals surface area contributed by atoms with Crippen LogP contribution in [0.2, 0.25) is 0 Å². The average Bonchev–Trinajstić information content (AvgIpc) is 2.24. The second-order valence-corrected chi connectivity index (χ2v) is 5.32. The van der Waals surface area contributed by atoms with Gasteiger partial charge < -0.3 is 5.32 Å². The van der Waals surface area contributed by atoms with Crippen LogP contribution in [0.5, 0.6) is 0 Å². The zero-order valence-corrected chi connectivity index (χ0v) is 11.0. The van der Waals surface area contributed by atoms with Gasteiger partial charge in [-0.3, -0.25) is 0 Å². The largest absolute Gasteiger partial charge is 0.310 e. The molecule has 1 aromatic carbocycles. The van der Waals surface area contributed by atoms with Gasteiger partial charge in [0.15, 0.2) is 0 Å². The third-order valence-corrected chi connectivity index (χ3v) is 4.04. The first kappa shape index (κ1) is 11.2. The highest BCUT2D eigenvalue weighted by Gasteiger charge is 2.17. The van der Waals surface area contributed by atoms with Crippen LogP contribution in [-0.2, 0) is 0 Å². The molecule has 0 aliphatic carbocycles. The van der Waals surface area contributed by atoms with E-state index in [1.165, 1.54) is 40.4 Å². The van der Waals surface area contributed by atoms with Gasteiger partial charge in [-0.15, -0.1) is 0 Å². The molecule has 1 aliphatic rings. The van der Waals surface area contributed by atoms with E-state index in [0.717, 1.165) is 6.54 Å². The third kappa shape index (κ3) is 2.43. The Kier molecular flexibility index (Phi) is 3.47. The summed E-state index contributed by atoms with van der Waals surface area (Å²) in [6, 6.07) is 5.08. The maximum absolute atomic E-state index is 3.64. The topological polar surface area (TPSA) is 12.0 Å². The number of aryl methyl sites for hydroxylation is 1. The van der Waals surface area contributed by atoms with Crippen molar-refractivity contribution in [1.29, 1.82) is 0 Å². The van der Waals surface area contributed by atoms with E-state index in [9.17, 15) is 0 Å². The number of rotatable bonds is 1. The molecule has 2 rings (SSSR count). The molecule has 2 heteroatoms. The van der Waals surface area contributed by atoms with E-state index in [-0.39, 0.29) is 0 Å². The van der Waals surface area contributed by atoms with E-state index in [1.807, 2.05) is 0 Å². The van der Waals surface area contributed by atoms with Gasteiger partial charge in [0.2, 0.25) is 0 Å². The van der Waals surface area contributed by atoms with Crippen molar-refractivity contribution in [2.45, 2.75) is 39.2 Å². The van der Waals surface area contributed by atoms with Crippen molar-refractivity contribution in [2.24, 2.45) is 0 Å². The second kappa shape index (κ2) is 4.67. The molecule has 15 heavy (non-hydrogen) atoms. The lowest BCUT2D eigenvalue weighted by atomic mass is 9.93. The van der Waals surface area contributed by atoms with E-state index >= 15 is 0 Å². The zero-order chi connectivity index (χ0) is 10.8. The lowest BCUT2D eigenvalue weighted by molar-refractivity contribution is 0.411. The number of hydrogen-bond donors (Lipinski definition) is 1. The number of hydrogen-bond acceptors (Lipinski definition) is 1. The van der Waals surface area contributed by atoms with Gasteiger partial charge in [-0.25, -0.2) is 0 Å². The minimum atomic E-state index is 0.565. The van der Waals surface area contributed by atoms with Gasteiger partial charge >= 0.3 is 0 Å². The summed E-state index contributed by atoms with van der Waals surface area (Å²) in [6.45, 7) is 5.53. The van der Waals surface area contributed by atoms with E-state index in [1.54, 1.807) is 0 Å². The van der Waals surface area contributed by atoms with Crippen LogP contribution in [0.1, 0.15) is 42.0 Å². The monoisotopic (exact) mass is 267 g/mol. The van der Waals surface area contributed by atoms with Gasteiger partial charge in [-0.1, -0.05) is 28.4 Å². The molecule has 1 nitrogen and oxygen atoms in total. The maximum atomic E-state index is 3.64. The first-order chi connectivity index (χ1) is 7.18. The molecule has 1 heterocycles. The molecule has 0 radical (unpaired) electrons. The minimum Gasteiger partial charge on any atom is -0.310 e. The highest BCUT2D eigenvalue weighted by molar-refractivity contribution is 9.10. The van der Waals surface area contributed by atoms with Crippen LogP contribution >= 0.6 is 15.9 Å². The summed E-state index contributed by atoms with van der Waals surface area (Å²) in [7, 11) is 0. The standard InChI is InChI=1S/C13H18BrN/c1-9-7-11(10(2)12(14)8-9)13-5-3-4-6-15-13/h7-8,13,15H,3-6H2,1-2H3. The molecular weight excluding hydrogens is 250 g/mol. The molecule has 1 atom stereocenters. The molecule has 0 amide bonds. The predicted octanol–water partition coefficient (Wildman–Crippen LogP) is 3.88. The predicted molar refractivity (Wildman–Crippen MR) is 68.2 cm³/mol. The summed E-state index contributed by atoms with van der Waals surface area (Å²) in [4.78, 5) is 0. The Balaban J connectivity index is 2.33. The highest BCUT2D eigenvalue weighted by atomic mass is 79.9. The Morgan fingerprint density at radius 1 is 1.27 bits per heavy atom. The Hall–Kier alpha value is -0.340. The van der Waals surface area contributed by atoms with Crippen molar-refractivity contribution < 1.29 is 0 Å². The van der Waals surface area contributed by atoms with Gasteiger partial charge in [0.1, 0.15) is 0 Å². The molecule has 1 fully saturated rings. The van der Waals surface area contributed by atoms with Crippen molar-refractivity contribution >= 4 is 15.9 Å². The summed E-state index contributed by atoms with van der Waals surface area (Å²) in [5.41, 5.74) is 4.21. The fraction of sp³-hybridized carbons (Fsp3) is 0.538. The number of halogens is 1. The van der Waals surface area contributed by atoms with Crippen LogP contribution in [0.25, 0.3) is 0 Å². The van der Waals surface area contributed by atoms with Crippen molar-refractivity contribution in [1.82, 2.24) is 5.32 Å². The van der Waals surface area contributed by atoms with Crippen molar-refractivity contribution in [3.05, 3.63) is 33.3 Å². The quantitative estimate of drug-likeness (QED) is 0.815. The highest BCUT2D eigenvalue weighted by Crippen LogP contribution is 2.30. The molecule has 1 saturated heterocycles. The van der Waals surface area contributed by atoms with Crippen LogP contribution in [0.15, 0.2) is 16.6 Å². The lowest BCUT2D eigenvalue weighted by Crippen LogP contribution is -2.27. The Labute approximate surface area is 100 Å². The van der Waals surface area contributed by atoms with Crippen LogP contribution in [0, 0.1) is 13.8 Å². The molecule has 1 unspecified atom stereocenters. The van der Waals surface area contributed by atoms with Crippen LogP contribution in [-0.4, -0.2) is 6.54 Å². The second-order valence-electron chi connectivity index (χ2n) is 4.46. The fourth-order valence-electron chi connectivity index (χ4n) is 2.32. The summed E-state index contributed by atoms with van der Waals surface area (Å²) >= 11 is 3.64. The molecule has 1 aliphatic heterocycles. The van der Waals surface area contributed by atoms with Gasteiger partial charge in [-0.2, -0.15) is 0 Å². The number of nitrogens with one attached hydrogen (secondary N) is 1. The van der Waals surface area contributed by atoms with Crippen molar-refractivity contribution in [3.8, 4) is 0 Å². The Morgan fingerprint density at radius 2 is 2.07 bits per heavy atom. The van der Waals surface area contributed by atoms with E-state index in [4.69, 9.17) is 0 Å². The van der Waals surface area contributed by atoms with Gasteiger partial charge in [0.25, 0.3) is 0 Å². The Bertz CT molecular complexity index is 354. The fourth-order valence-corrected chi connectivity index (χ4v) is 2.91. The number of piperidine rings is 1. The third-order valence-electron chi connectivity index (χ3n) is 3.21. The van der Waals surface area contributed by atoms with E-state index in [0.29, 0.717) is 6.04 Å². The first-order valence-electron chi connectivity index (χ1n) is 5.68. The Morgan fingerprint density at radius 3 is 2.73 bits per heavy atom. The van der Waals surface area contributed by atoms with Crippen molar-refractivity contribution in [2.75, 3.05) is 6.54 Å². The van der Waals surface area contributed by atoms with E-state index in [2.05, 4.69) is 47.2 Å². The zero-order valence-electron chi connectivity index (χ0n) is 9.44. The molecule has 0 spiro atoms. The molecule has 0 bridgehead atoms. The molecule has 1 aromatic rings.